The smallest absolute Gasteiger partial charge is 0.182 e. The second-order valence-electron chi connectivity index (χ2n) is 6.62. The van der Waals surface area contributed by atoms with Gasteiger partial charge in [0.2, 0.25) is 0 Å². The highest BCUT2D eigenvalue weighted by Crippen LogP contribution is 2.24. The van der Waals surface area contributed by atoms with Gasteiger partial charge in [0.25, 0.3) is 0 Å². The maximum absolute atomic E-state index is 12.2. The van der Waals surface area contributed by atoms with Crippen LogP contribution >= 0.6 is 11.6 Å². The van der Waals surface area contributed by atoms with Gasteiger partial charge >= 0.3 is 0 Å². The summed E-state index contributed by atoms with van der Waals surface area (Å²) in [5.41, 5.74) is 3.01. The second kappa shape index (κ2) is 6.53. The van der Waals surface area contributed by atoms with Crippen LogP contribution in [0.1, 0.15) is 48.9 Å². The highest BCUT2D eigenvalue weighted by Gasteiger charge is 2.26. The number of Topliss-reactive ketones (excluding diaryl/α,β-unsaturated/α-hetero) is 1. The van der Waals surface area contributed by atoms with Gasteiger partial charge in [0.15, 0.2) is 5.78 Å². The van der Waals surface area contributed by atoms with Crippen molar-refractivity contribution < 1.29 is 4.79 Å². The maximum atomic E-state index is 12.2. The van der Waals surface area contributed by atoms with E-state index in [4.69, 9.17) is 11.6 Å². The Morgan fingerprint density at radius 3 is 2.57 bits per heavy atom. The number of aromatic nitrogens is 1. The summed E-state index contributed by atoms with van der Waals surface area (Å²) < 4.78 is 2.29. The van der Waals surface area contributed by atoms with Crippen LogP contribution in [0.4, 0.5) is 0 Å². The van der Waals surface area contributed by atoms with Crippen LogP contribution in [0.3, 0.4) is 0 Å². The molecule has 3 nitrogen and oxygen atoms in total. The van der Waals surface area contributed by atoms with E-state index in [1.807, 2.05) is 13.0 Å². The van der Waals surface area contributed by atoms with Crippen molar-refractivity contribution in [3.8, 4) is 0 Å². The topological polar surface area (TPSA) is 25.2 Å². The van der Waals surface area contributed by atoms with Gasteiger partial charge in [-0.2, -0.15) is 0 Å². The molecule has 0 N–H and O–H groups in total. The lowest BCUT2D eigenvalue weighted by Crippen LogP contribution is -2.29. The van der Waals surface area contributed by atoms with Gasteiger partial charge in [0.1, 0.15) is 0 Å². The third kappa shape index (κ3) is 3.51. The Kier molecular flexibility index (Phi) is 5.15. The zero-order valence-corrected chi connectivity index (χ0v) is 14.6. The van der Waals surface area contributed by atoms with E-state index in [9.17, 15) is 4.79 Å². The molecule has 1 aliphatic rings. The summed E-state index contributed by atoms with van der Waals surface area (Å²) in [6.45, 7) is 13.7. The van der Waals surface area contributed by atoms with E-state index in [0.717, 1.165) is 30.0 Å². The van der Waals surface area contributed by atoms with Crippen LogP contribution in [-0.2, 0) is 6.54 Å². The fourth-order valence-electron chi connectivity index (χ4n) is 3.28. The first kappa shape index (κ1) is 16.6. The highest BCUT2D eigenvalue weighted by atomic mass is 35.5. The summed E-state index contributed by atoms with van der Waals surface area (Å²) in [5.74, 6) is 0.708. The Hall–Kier alpha value is -0.800. The molecule has 118 valence electrons. The first-order chi connectivity index (χ1) is 9.81. The van der Waals surface area contributed by atoms with Crippen molar-refractivity contribution in [2.24, 2.45) is 5.92 Å². The molecule has 1 saturated heterocycles. The lowest BCUT2D eigenvalue weighted by Gasteiger charge is -2.21. The van der Waals surface area contributed by atoms with Crippen LogP contribution in [0.15, 0.2) is 6.07 Å². The molecule has 0 amide bonds. The summed E-state index contributed by atoms with van der Waals surface area (Å²) in [5, 5.41) is -0.457. The zero-order chi connectivity index (χ0) is 15.7. The van der Waals surface area contributed by atoms with Gasteiger partial charge in [-0.3, -0.25) is 4.79 Å². The average Bonchev–Trinajstić information content (AvgIpc) is 2.98. The van der Waals surface area contributed by atoms with E-state index in [2.05, 4.69) is 30.2 Å². The minimum Gasteiger partial charge on any atom is -0.348 e. The van der Waals surface area contributed by atoms with Crippen LogP contribution in [0.2, 0.25) is 0 Å². The Balaban J connectivity index is 2.13. The first-order valence-corrected chi connectivity index (χ1v) is 8.34. The van der Waals surface area contributed by atoms with Crippen molar-refractivity contribution >= 4 is 17.4 Å². The quantitative estimate of drug-likeness (QED) is 0.613. The van der Waals surface area contributed by atoms with Crippen LogP contribution in [-0.4, -0.2) is 39.8 Å². The lowest BCUT2D eigenvalue weighted by molar-refractivity contribution is 0.0991. The zero-order valence-electron chi connectivity index (χ0n) is 13.8. The number of alkyl halides is 1. The standard InChI is InChI=1S/C17H27ClN2O/c1-11(2)19-7-6-15(9-19)10-20-12(3)8-16(14(20)5)17(21)13(4)18/h8,11,13,15H,6-7,9-10H2,1-5H3. The van der Waals surface area contributed by atoms with E-state index < -0.39 is 5.38 Å². The van der Waals surface area contributed by atoms with Crippen molar-refractivity contribution in [2.45, 2.75) is 59.0 Å². The van der Waals surface area contributed by atoms with Crippen molar-refractivity contribution in [2.75, 3.05) is 13.1 Å². The molecule has 2 atom stereocenters. The molecule has 0 saturated carbocycles. The number of rotatable bonds is 5. The highest BCUT2D eigenvalue weighted by molar-refractivity contribution is 6.33. The summed E-state index contributed by atoms with van der Waals surface area (Å²) in [7, 11) is 0. The lowest BCUT2D eigenvalue weighted by atomic mass is 10.1. The Labute approximate surface area is 133 Å². The van der Waals surface area contributed by atoms with E-state index in [-0.39, 0.29) is 5.78 Å². The number of nitrogens with zero attached hydrogens (tertiary/aromatic N) is 2. The minimum absolute atomic E-state index is 0.0336. The molecule has 0 aromatic carbocycles. The summed E-state index contributed by atoms with van der Waals surface area (Å²) in [6, 6.07) is 2.61. The van der Waals surface area contributed by atoms with Crippen LogP contribution in [0.25, 0.3) is 0 Å². The average molecular weight is 311 g/mol. The van der Waals surface area contributed by atoms with Crippen molar-refractivity contribution in [1.82, 2.24) is 9.47 Å². The largest absolute Gasteiger partial charge is 0.348 e. The van der Waals surface area contributed by atoms with Crippen molar-refractivity contribution in [3.63, 3.8) is 0 Å². The van der Waals surface area contributed by atoms with Gasteiger partial charge < -0.3 is 9.47 Å². The number of likely N-dealkylation sites (tertiary alicyclic amines) is 1. The van der Waals surface area contributed by atoms with Crippen molar-refractivity contribution in [1.29, 1.82) is 0 Å². The molecule has 4 heteroatoms. The molecule has 0 spiro atoms. The van der Waals surface area contributed by atoms with Gasteiger partial charge in [-0.1, -0.05) is 0 Å². The molecule has 1 aromatic heterocycles. The molecule has 1 aliphatic heterocycles. The van der Waals surface area contributed by atoms with Gasteiger partial charge in [-0.25, -0.2) is 0 Å². The molecule has 0 radical (unpaired) electrons. The second-order valence-corrected chi connectivity index (χ2v) is 7.27. The number of hydrogen-bond donors (Lipinski definition) is 0. The van der Waals surface area contributed by atoms with Gasteiger partial charge in [-0.05, 0) is 59.6 Å². The Morgan fingerprint density at radius 1 is 1.38 bits per heavy atom. The molecule has 2 heterocycles. The molecule has 2 unspecified atom stereocenters. The van der Waals surface area contributed by atoms with Gasteiger partial charge in [0, 0.05) is 36.1 Å². The van der Waals surface area contributed by atoms with Crippen LogP contribution < -0.4 is 0 Å². The third-order valence-corrected chi connectivity index (χ3v) is 4.89. The monoisotopic (exact) mass is 310 g/mol. The van der Waals surface area contributed by atoms with Crippen LogP contribution in [0, 0.1) is 19.8 Å². The molecular formula is C17H27ClN2O. The SMILES string of the molecule is Cc1cc(C(=O)C(C)Cl)c(C)n1CC1CCN(C(C)C)C1. The number of ketones is 1. The van der Waals surface area contributed by atoms with Gasteiger partial charge in [-0.15, -0.1) is 11.6 Å². The van der Waals surface area contributed by atoms with E-state index in [1.165, 1.54) is 13.0 Å². The minimum atomic E-state index is -0.457. The van der Waals surface area contributed by atoms with E-state index in [1.54, 1.807) is 6.92 Å². The maximum Gasteiger partial charge on any atom is 0.182 e. The molecule has 1 aromatic rings. The molecular weight excluding hydrogens is 284 g/mol. The molecule has 21 heavy (non-hydrogen) atoms. The Morgan fingerprint density at radius 2 is 2.05 bits per heavy atom. The number of carbonyl (C=O) groups excluding carboxylic acids is 1. The van der Waals surface area contributed by atoms with Crippen LogP contribution in [0.5, 0.6) is 0 Å². The van der Waals surface area contributed by atoms with Crippen molar-refractivity contribution in [3.05, 3.63) is 23.0 Å². The van der Waals surface area contributed by atoms with E-state index >= 15 is 0 Å². The first-order valence-electron chi connectivity index (χ1n) is 7.90. The fourth-order valence-corrected chi connectivity index (χ4v) is 3.40. The molecule has 0 bridgehead atoms. The molecule has 0 aliphatic carbocycles. The number of halogens is 1. The third-order valence-electron chi connectivity index (χ3n) is 4.69. The summed E-state index contributed by atoms with van der Waals surface area (Å²) in [4.78, 5) is 14.7. The normalized spacial score (nSPS) is 21.2. The fraction of sp³-hybridized carbons (Fsp3) is 0.706. The predicted molar refractivity (Wildman–Crippen MR) is 88.4 cm³/mol. The van der Waals surface area contributed by atoms with E-state index in [0.29, 0.717) is 12.0 Å². The number of hydrogen-bond acceptors (Lipinski definition) is 2. The summed E-state index contributed by atoms with van der Waals surface area (Å²) in [6.07, 6.45) is 1.24. The Bertz CT molecular complexity index is 519. The molecule has 1 fully saturated rings. The predicted octanol–water partition coefficient (Wildman–Crippen LogP) is 3.65. The van der Waals surface area contributed by atoms with Gasteiger partial charge in [0.05, 0.1) is 5.38 Å². The summed E-state index contributed by atoms with van der Waals surface area (Å²) >= 11 is 5.96. The number of aryl methyl sites for hydroxylation is 1. The number of carbonyl (C=O) groups is 1. The molecule has 2 rings (SSSR count).